The molecule has 0 radical (unpaired) electrons. The molecule has 0 saturated heterocycles. The van der Waals surface area contributed by atoms with Crippen LogP contribution >= 0.6 is 23.2 Å². The number of nitrogens with one attached hydrogen (secondary N) is 1. The fraction of sp³-hybridized carbons (Fsp3) is 0.417. The summed E-state index contributed by atoms with van der Waals surface area (Å²) in [6.45, 7) is 4.89. The van der Waals surface area contributed by atoms with Gasteiger partial charge in [-0.25, -0.2) is 4.98 Å². The molecular weight excluding hydrogens is 289 g/mol. The van der Waals surface area contributed by atoms with Gasteiger partial charge in [0.25, 0.3) is 5.91 Å². The number of halogens is 2. The van der Waals surface area contributed by atoms with E-state index in [9.17, 15) is 9.59 Å². The molecule has 0 atom stereocenters. The second-order valence-corrected chi connectivity index (χ2v) is 4.53. The van der Waals surface area contributed by atoms with Crippen LogP contribution < -0.4 is 5.32 Å². The van der Waals surface area contributed by atoms with Crippen LogP contribution in [0.1, 0.15) is 24.2 Å². The summed E-state index contributed by atoms with van der Waals surface area (Å²) >= 11 is 11.5. The molecule has 0 bridgehead atoms. The van der Waals surface area contributed by atoms with Gasteiger partial charge in [0, 0.05) is 19.3 Å². The van der Waals surface area contributed by atoms with E-state index in [2.05, 4.69) is 10.3 Å². The van der Waals surface area contributed by atoms with Crippen LogP contribution in [-0.2, 0) is 4.79 Å². The Morgan fingerprint density at radius 1 is 1.32 bits per heavy atom. The summed E-state index contributed by atoms with van der Waals surface area (Å²) in [5.41, 5.74) is 0.203. The SMILES string of the molecule is CCN(CC)C(=O)CNC(=O)c1cc(Cl)ncc1Cl. The third-order valence-corrected chi connectivity index (χ3v) is 3.09. The first-order valence-corrected chi connectivity index (χ1v) is 6.62. The van der Waals surface area contributed by atoms with Gasteiger partial charge in [0.1, 0.15) is 5.15 Å². The Balaban J connectivity index is 2.65. The van der Waals surface area contributed by atoms with Gasteiger partial charge >= 0.3 is 0 Å². The van der Waals surface area contributed by atoms with Gasteiger partial charge in [-0.15, -0.1) is 0 Å². The van der Waals surface area contributed by atoms with Gasteiger partial charge in [-0.1, -0.05) is 23.2 Å². The quantitative estimate of drug-likeness (QED) is 0.846. The fourth-order valence-corrected chi connectivity index (χ4v) is 1.87. The zero-order valence-electron chi connectivity index (χ0n) is 10.7. The highest BCUT2D eigenvalue weighted by Crippen LogP contribution is 2.17. The number of aromatic nitrogens is 1. The molecule has 0 fully saturated rings. The van der Waals surface area contributed by atoms with Crippen LogP contribution in [0.25, 0.3) is 0 Å². The monoisotopic (exact) mass is 303 g/mol. The molecule has 7 heteroatoms. The molecule has 5 nitrogen and oxygen atoms in total. The number of amides is 2. The highest BCUT2D eigenvalue weighted by molar-refractivity contribution is 6.35. The lowest BCUT2D eigenvalue weighted by molar-refractivity contribution is -0.129. The molecule has 1 aromatic heterocycles. The zero-order valence-corrected chi connectivity index (χ0v) is 12.3. The van der Waals surface area contributed by atoms with E-state index in [1.54, 1.807) is 4.90 Å². The van der Waals surface area contributed by atoms with E-state index in [0.717, 1.165) is 0 Å². The average Bonchev–Trinajstić information content (AvgIpc) is 2.40. The van der Waals surface area contributed by atoms with Crippen LogP contribution in [0.5, 0.6) is 0 Å². The third-order valence-electron chi connectivity index (χ3n) is 2.58. The highest BCUT2D eigenvalue weighted by Gasteiger charge is 2.15. The molecule has 0 aliphatic rings. The topological polar surface area (TPSA) is 62.3 Å². The number of pyridine rings is 1. The molecule has 19 heavy (non-hydrogen) atoms. The molecule has 0 aromatic carbocycles. The molecule has 104 valence electrons. The maximum Gasteiger partial charge on any atom is 0.253 e. The summed E-state index contributed by atoms with van der Waals surface area (Å²) < 4.78 is 0. The largest absolute Gasteiger partial charge is 0.343 e. The first kappa shape index (κ1) is 15.7. The van der Waals surface area contributed by atoms with E-state index in [1.165, 1.54) is 12.3 Å². The number of hydrogen-bond acceptors (Lipinski definition) is 3. The van der Waals surface area contributed by atoms with Crippen molar-refractivity contribution in [2.75, 3.05) is 19.6 Å². The standard InChI is InChI=1S/C12H15Cl2N3O2/c1-3-17(4-2)11(18)7-16-12(19)8-5-10(14)15-6-9(8)13/h5-6H,3-4,7H2,1-2H3,(H,16,19). The summed E-state index contributed by atoms with van der Waals surface area (Å²) in [6, 6.07) is 1.36. The van der Waals surface area contributed by atoms with Gasteiger partial charge < -0.3 is 10.2 Å². The van der Waals surface area contributed by atoms with Crippen molar-refractivity contribution in [2.45, 2.75) is 13.8 Å². The Kier molecular flexibility index (Phi) is 6.05. The molecule has 1 rings (SSSR count). The number of carbonyl (C=O) groups is 2. The van der Waals surface area contributed by atoms with E-state index >= 15 is 0 Å². The second kappa shape index (κ2) is 7.31. The number of rotatable bonds is 5. The first-order valence-electron chi connectivity index (χ1n) is 5.86. The Morgan fingerprint density at radius 3 is 2.53 bits per heavy atom. The Labute approximate surface area is 121 Å². The predicted molar refractivity (Wildman–Crippen MR) is 74.5 cm³/mol. The van der Waals surface area contributed by atoms with Crippen LogP contribution in [0.2, 0.25) is 10.2 Å². The van der Waals surface area contributed by atoms with Crippen LogP contribution in [0, 0.1) is 0 Å². The minimum atomic E-state index is -0.449. The average molecular weight is 304 g/mol. The molecule has 0 unspecified atom stereocenters. The number of hydrogen-bond donors (Lipinski definition) is 1. The van der Waals surface area contributed by atoms with Crippen LogP contribution in [-0.4, -0.2) is 41.3 Å². The lowest BCUT2D eigenvalue weighted by Gasteiger charge is -2.18. The van der Waals surface area contributed by atoms with Crippen LogP contribution in [0.4, 0.5) is 0 Å². The summed E-state index contributed by atoms with van der Waals surface area (Å²) in [7, 11) is 0. The minimum Gasteiger partial charge on any atom is -0.343 e. The van der Waals surface area contributed by atoms with Crippen molar-refractivity contribution in [3.8, 4) is 0 Å². The van der Waals surface area contributed by atoms with Crippen molar-refractivity contribution in [1.29, 1.82) is 0 Å². The van der Waals surface area contributed by atoms with Crippen molar-refractivity contribution in [1.82, 2.24) is 15.2 Å². The number of likely N-dealkylation sites (N-methyl/N-ethyl adjacent to an activating group) is 1. The lowest BCUT2D eigenvalue weighted by Crippen LogP contribution is -2.40. The van der Waals surface area contributed by atoms with E-state index in [0.29, 0.717) is 13.1 Å². The molecule has 0 spiro atoms. The van der Waals surface area contributed by atoms with Crippen molar-refractivity contribution >= 4 is 35.0 Å². The molecule has 0 saturated carbocycles. The molecule has 0 aliphatic carbocycles. The minimum absolute atomic E-state index is 0.0726. The van der Waals surface area contributed by atoms with Gasteiger partial charge in [-0.05, 0) is 19.9 Å². The van der Waals surface area contributed by atoms with Gasteiger partial charge in [0.2, 0.25) is 5.91 Å². The maximum absolute atomic E-state index is 11.9. The van der Waals surface area contributed by atoms with Crippen LogP contribution in [0.15, 0.2) is 12.3 Å². The van der Waals surface area contributed by atoms with E-state index < -0.39 is 5.91 Å². The molecule has 2 amide bonds. The van der Waals surface area contributed by atoms with Crippen molar-refractivity contribution in [3.63, 3.8) is 0 Å². The highest BCUT2D eigenvalue weighted by atomic mass is 35.5. The normalized spacial score (nSPS) is 10.1. The Morgan fingerprint density at radius 2 is 1.95 bits per heavy atom. The van der Waals surface area contributed by atoms with Crippen molar-refractivity contribution in [3.05, 3.63) is 28.0 Å². The van der Waals surface area contributed by atoms with Crippen molar-refractivity contribution in [2.24, 2.45) is 0 Å². The third kappa shape index (κ3) is 4.36. The smallest absolute Gasteiger partial charge is 0.253 e. The molecule has 1 N–H and O–H groups in total. The van der Waals surface area contributed by atoms with E-state index in [4.69, 9.17) is 23.2 Å². The zero-order chi connectivity index (χ0) is 14.4. The van der Waals surface area contributed by atoms with Gasteiger partial charge in [-0.3, -0.25) is 9.59 Å². The van der Waals surface area contributed by atoms with Crippen LogP contribution in [0.3, 0.4) is 0 Å². The summed E-state index contributed by atoms with van der Waals surface area (Å²) in [4.78, 5) is 29.0. The Hall–Kier alpha value is -1.33. The van der Waals surface area contributed by atoms with E-state index in [1.807, 2.05) is 13.8 Å². The fourth-order valence-electron chi connectivity index (χ4n) is 1.53. The molecular formula is C12H15Cl2N3O2. The number of carbonyl (C=O) groups excluding carboxylic acids is 2. The van der Waals surface area contributed by atoms with Gasteiger partial charge in [0.15, 0.2) is 0 Å². The summed E-state index contributed by atoms with van der Waals surface area (Å²) in [5, 5.41) is 2.88. The van der Waals surface area contributed by atoms with Crippen molar-refractivity contribution < 1.29 is 9.59 Å². The second-order valence-electron chi connectivity index (χ2n) is 3.74. The van der Waals surface area contributed by atoms with Gasteiger partial charge in [0.05, 0.1) is 17.1 Å². The van der Waals surface area contributed by atoms with Gasteiger partial charge in [-0.2, -0.15) is 0 Å². The summed E-state index contributed by atoms with van der Waals surface area (Å²) in [6.07, 6.45) is 1.30. The molecule has 1 aromatic rings. The predicted octanol–water partition coefficient (Wildman–Crippen LogP) is 1.99. The maximum atomic E-state index is 11.9. The lowest BCUT2D eigenvalue weighted by atomic mass is 10.2. The molecule has 0 aliphatic heterocycles. The Bertz CT molecular complexity index is 476. The molecule has 1 heterocycles. The summed E-state index contributed by atoms with van der Waals surface area (Å²) in [5.74, 6) is -0.593. The van der Waals surface area contributed by atoms with E-state index in [-0.39, 0.29) is 28.2 Å². The first-order chi connectivity index (χ1) is 8.99. The number of nitrogens with zero attached hydrogens (tertiary/aromatic N) is 2.